The van der Waals surface area contributed by atoms with Crippen molar-refractivity contribution in [1.29, 1.82) is 0 Å². The van der Waals surface area contributed by atoms with E-state index in [9.17, 15) is 4.79 Å². The molecule has 1 atom stereocenters. The molecule has 5 nitrogen and oxygen atoms in total. The van der Waals surface area contributed by atoms with Crippen LogP contribution in [0.3, 0.4) is 0 Å². The Bertz CT molecular complexity index is 320. The van der Waals surface area contributed by atoms with Crippen LogP contribution in [0, 0.1) is 11.8 Å². The highest BCUT2D eigenvalue weighted by atomic mass is 16.4. The standard InChI is InChI=1S/C13H23N3O2/c14-13(16-18)12(10-4-2-1-3-5-10)15-11(17)8-9-6-7-9/h9-10,12,18H,1-8H2,(H2,14,16)(H,15,17). The molecule has 2 aliphatic rings. The van der Waals surface area contributed by atoms with Gasteiger partial charge in [-0.3, -0.25) is 4.79 Å². The van der Waals surface area contributed by atoms with E-state index in [4.69, 9.17) is 10.9 Å². The molecular weight excluding hydrogens is 230 g/mol. The maximum atomic E-state index is 11.9. The number of amides is 1. The Kier molecular flexibility index (Phi) is 4.44. The first-order chi connectivity index (χ1) is 8.70. The lowest BCUT2D eigenvalue weighted by Crippen LogP contribution is -2.49. The van der Waals surface area contributed by atoms with E-state index in [0.717, 1.165) is 25.7 Å². The van der Waals surface area contributed by atoms with Crippen LogP contribution >= 0.6 is 0 Å². The van der Waals surface area contributed by atoms with Crippen LogP contribution in [-0.4, -0.2) is 23.0 Å². The zero-order chi connectivity index (χ0) is 13.0. The number of carbonyl (C=O) groups excluding carboxylic acids is 1. The normalized spacial score (nSPS) is 23.7. The molecule has 2 rings (SSSR count). The summed E-state index contributed by atoms with van der Waals surface area (Å²) in [5.41, 5.74) is 5.73. The molecule has 1 unspecified atom stereocenters. The average molecular weight is 253 g/mol. The number of amidine groups is 1. The molecule has 102 valence electrons. The molecule has 0 spiro atoms. The van der Waals surface area contributed by atoms with E-state index in [1.54, 1.807) is 0 Å². The smallest absolute Gasteiger partial charge is 0.220 e. The number of rotatable bonds is 5. The van der Waals surface area contributed by atoms with Gasteiger partial charge in [0.1, 0.15) is 0 Å². The largest absolute Gasteiger partial charge is 0.409 e. The highest BCUT2D eigenvalue weighted by molar-refractivity contribution is 5.90. The van der Waals surface area contributed by atoms with Gasteiger partial charge in [0.2, 0.25) is 5.91 Å². The minimum absolute atomic E-state index is 0.0414. The van der Waals surface area contributed by atoms with Crippen LogP contribution in [0.25, 0.3) is 0 Å². The van der Waals surface area contributed by atoms with E-state index in [1.807, 2.05) is 0 Å². The van der Waals surface area contributed by atoms with Crippen molar-refractivity contribution in [3.63, 3.8) is 0 Å². The van der Waals surface area contributed by atoms with Gasteiger partial charge in [0.25, 0.3) is 0 Å². The second-order valence-electron chi connectivity index (χ2n) is 5.62. The Morgan fingerprint density at radius 2 is 1.94 bits per heavy atom. The summed E-state index contributed by atoms with van der Waals surface area (Å²) in [6, 6.07) is -0.290. The lowest BCUT2D eigenvalue weighted by molar-refractivity contribution is -0.122. The Balaban J connectivity index is 1.92. The summed E-state index contributed by atoms with van der Waals surface area (Å²) in [4.78, 5) is 11.9. The molecule has 2 aliphatic carbocycles. The average Bonchev–Trinajstić information content (AvgIpc) is 3.20. The van der Waals surface area contributed by atoms with Crippen molar-refractivity contribution in [3.05, 3.63) is 0 Å². The molecule has 0 heterocycles. The van der Waals surface area contributed by atoms with Gasteiger partial charge in [-0.1, -0.05) is 24.4 Å². The predicted molar refractivity (Wildman–Crippen MR) is 69.3 cm³/mol. The number of nitrogens with one attached hydrogen (secondary N) is 1. The summed E-state index contributed by atoms with van der Waals surface area (Å²) in [5.74, 6) is 1.06. The van der Waals surface area contributed by atoms with Crippen molar-refractivity contribution >= 4 is 11.7 Å². The summed E-state index contributed by atoms with van der Waals surface area (Å²) in [6.07, 6.45) is 8.57. The topological polar surface area (TPSA) is 87.7 Å². The van der Waals surface area contributed by atoms with Crippen LogP contribution in [0.5, 0.6) is 0 Å². The molecule has 2 saturated carbocycles. The number of nitrogens with zero attached hydrogens (tertiary/aromatic N) is 1. The Morgan fingerprint density at radius 1 is 1.28 bits per heavy atom. The molecule has 0 aromatic carbocycles. The molecular formula is C13H23N3O2. The summed E-state index contributed by atoms with van der Waals surface area (Å²) in [6.45, 7) is 0. The van der Waals surface area contributed by atoms with E-state index in [-0.39, 0.29) is 17.8 Å². The van der Waals surface area contributed by atoms with Crippen molar-refractivity contribution in [1.82, 2.24) is 5.32 Å². The third-order valence-corrected chi connectivity index (χ3v) is 4.04. The third kappa shape index (κ3) is 3.62. The van der Waals surface area contributed by atoms with Crippen LogP contribution in [-0.2, 0) is 4.79 Å². The van der Waals surface area contributed by atoms with Crippen molar-refractivity contribution in [3.8, 4) is 0 Å². The Hall–Kier alpha value is -1.26. The number of hydrogen-bond acceptors (Lipinski definition) is 3. The van der Waals surface area contributed by atoms with Crippen LogP contribution in [0.15, 0.2) is 5.16 Å². The number of hydrogen-bond donors (Lipinski definition) is 3. The fraction of sp³-hybridized carbons (Fsp3) is 0.846. The van der Waals surface area contributed by atoms with Crippen LogP contribution in [0.4, 0.5) is 0 Å². The SMILES string of the molecule is NC(=NO)C(NC(=O)CC1CC1)C1CCCCC1. The second kappa shape index (κ2) is 6.07. The van der Waals surface area contributed by atoms with Gasteiger partial charge in [-0.2, -0.15) is 0 Å². The summed E-state index contributed by atoms with van der Waals surface area (Å²) >= 11 is 0. The lowest BCUT2D eigenvalue weighted by Gasteiger charge is -2.30. The highest BCUT2D eigenvalue weighted by Gasteiger charge is 2.30. The zero-order valence-electron chi connectivity index (χ0n) is 10.8. The molecule has 2 fully saturated rings. The Morgan fingerprint density at radius 3 is 2.50 bits per heavy atom. The molecule has 18 heavy (non-hydrogen) atoms. The molecule has 0 radical (unpaired) electrons. The number of oxime groups is 1. The van der Waals surface area contributed by atoms with Gasteiger partial charge in [0.15, 0.2) is 5.84 Å². The minimum Gasteiger partial charge on any atom is -0.409 e. The quantitative estimate of drug-likeness (QED) is 0.301. The first kappa shape index (κ1) is 13.2. The zero-order valence-corrected chi connectivity index (χ0v) is 10.8. The fourth-order valence-electron chi connectivity index (χ4n) is 2.78. The molecule has 0 aliphatic heterocycles. The van der Waals surface area contributed by atoms with Crippen molar-refractivity contribution in [2.75, 3.05) is 0 Å². The molecule has 0 aromatic rings. The van der Waals surface area contributed by atoms with E-state index in [0.29, 0.717) is 18.3 Å². The summed E-state index contributed by atoms with van der Waals surface area (Å²) in [5, 5.41) is 14.9. The highest BCUT2D eigenvalue weighted by Crippen LogP contribution is 2.32. The van der Waals surface area contributed by atoms with Crippen molar-refractivity contribution in [2.24, 2.45) is 22.7 Å². The molecule has 0 aromatic heterocycles. The van der Waals surface area contributed by atoms with Gasteiger partial charge in [0.05, 0.1) is 6.04 Å². The van der Waals surface area contributed by atoms with Gasteiger partial charge >= 0.3 is 0 Å². The molecule has 0 saturated heterocycles. The second-order valence-corrected chi connectivity index (χ2v) is 5.62. The maximum Gasteiger partial charge on any atom is 0.220 e. The van der Waals surface area contributed by atoms with E-state index < -0.39 is 0 Å². The Labute approximate surface area is 108 Å². The van der Waals surface area contributed by atoms with Crippen LogP contribution in [0.2, 0.25) is 0 Å². The van der Waals surface area contributed by atoms with E-state index in [2.05, 4.69) is 10.5 Å². The van der Waals surface area contributed by atoms with Gasteiger partial charge in [-0.05, 0) is 37.5 Å². The molecule has 0 bridgehead atoms. The van der Waals surface area contributed by atoms with Crippen LogP contribution in [0.1, 0.15) is 51.4 Å². The van der Waals surface area contributed by atoms with Gasteiger partial charge in [-0.15, -0.1) is 0 Å². The third-order valence-electron chi connectivity index (χ3n) is 4.04. The molecule has 1 amide bonds. The first-order valence-electron chi connectivity index (χ1n) is 6.97. The van der Waals surface area contributed by atoms with Gasteiger partial charge in [0, 0.05) is 6.42 Å². The predicted octanol–water partition coefficient (Wildman–Crippen LogP) is 1.60. The fourth-order valence-corrected chi connectivity index (χ4v) is 2.78. The number of carbonyl (C=O) groups is 1. The molecule has 5 heteroatoms. The van der Waals surface area contributed by atoms with E-state index in [1.165, 1.54) is 19.3 Å². The van der Waals surface area contributed by atoms with Gasteiger partial charge < -0.3 is 16.3 Å². The van der Waals surface area contributed by atoms with Gasteiger partial charge in [-0.25, -0.2) is 0 Å². The summed E-state index contributed by atoms with van der Waals surface area (Å²) in [7, 11) is 0. The van der Waals surface area contributed by atoms with Crippen molar-refractivity contribution in [2.45, 2.75) is 57.4 Å². The monoisotopic (exact) mass is 253 g/mol. The first-order valence-corrected chi connectivity index (χ1v) is 6.97. The molecule has 4 N–H and O–H groups in total. The van der Waals surface area contributed by atoms with E-state index >= 15 is 0 Å². The number of nitrogens with two attached hydrogens (primary N) is 1. The minimum atomic E-state index is -0.290. The van der Waals surface area contributed by atoms with Crippen molar-refractivity contribution < 1.29 is 10.0 Å². The summed E-state index contributed by atoms with van der Waals surface area (Å²) < 4.78 is 0. The maximum absolute atomic E-state index is 11.9. The van der Waals surface area contributed by atoms with Crippen LogP contribution < -0.4 is 11.1 Å². The lowest BCUT2D eigenvalue weighted by atomic mass is 9.83.